The van der Waals surface area contributed by atoms with Crippen molar-refractivity contribution in [2.75, 3.05) is 30.5 Å². The second kappa shape index (κ2) is 16.2. The third-order valence-corrected chi connectivity index (χ3v) is 8.33. The summed E-state index contributed by atoms with van der Waals surface area (Å²) in [6.45, 7) is 0.973. The molecular weight excluding hydrogens is 596 g/mol. The van der Waals surface area contributed by atoms with Crippen molar-refractivity contribution >= 4 is 40.4 Å². The molecule has 1 amide bonds. The normalized spacial score (nSPS) is 11.3. The first kappa shape index (κ1) is 32.2. The van der Waals surface area contributed by atoms with Gasteiger partial charge in [-0.05, 0) is 59.8 Å². The van der Waals surface area contributed by atoms with Crippen molar-refractivity contribution in [3.63, 3.8) is 0 Å². The number of methoxy groups -OCH3 is 1. The van der Waals surface area contributed by atoms with Crippen molar-refractivity contribution in [2.45, 2.75) is 25.3 Å². The van der Waals surface area contributed by atoms with Gasteiger partial charge in [-0.25, -0.2) is 4.79 Å². The van der Waals surface area contributed by atoms with Crippen LogP contribution in [0, 0.1) is 0 Å². The number of ketones is 1. The maximum atomic E-state index is 13.2. The van der Waals surface area contributed by atoms with Gasteiger partial charge >= 0.3 is 5.97 Å². The monoisotopic (exact) mass is 632 g/mol. The average molecular weight is 633 g/mol. The molecule has 1 N–H and O–H groups in total. The number of hydrogen-bond donors (Lipinski definition) is 1. The van der Waals surface area contributed by atoms with Gasteiger partial charge in [0.15, 0.2) is 5.78 Å². The highest BCUT2D eigenvalue weighted by molar-refractivity contribution is 7.10. The summed E-state index contributed by atoms with van der Waals surface area (Å²) in [5.41, 5.74) is 3.38. The Morgan fingerprint density at radius 1 is 0.804 bits per heavy atom. The van der Waals surface area contributed by atoms with Gasteiger partial charge in [-0.1, -0.05) is 78.9 Å². The van der Waals surface area contributed by atoms with E-state index in [1.54, 1.807) is 41.7 Å². The maximum absolute atomic E-state index is 13.2. The smallest absolute Gasteiger partial charge is 0.328 e. The molecule has 0 fully saturated rings. The van der Waals surface area contributed by atoms with Gasteiger partial charge in [0.1, 0.15) is 11.8 Å². The SMILES string of the molecule is COC(=O)C(Cc1ccc(OCCCN(C(=O)Cc2cccs2)c2ccccc2)cc1)Nc1ccccc1C(=O)c1ccccc1. The third kappa shape index (κ3) is 8.70. The lowest BCUT2D eigenvalue weighted by Crippen LogP contribution is -2.33. The summed E-state index contributed by atoms with van der Waals surface area (Å²) in [7, 11) is 1.35. The molecule has 0 radical (unpaired) electrons. The van der Waals surface area contributed by atoms with Crippen LogP contribution in [-0.2, 0) is 27.2 Å². The molecule has 1 unspecified atom stereocenters. The minimum atomic E-state index is -0.711. The Kier molecular flexibility index (Phi) is 11.3. The van der Waals surface area contributed by atoms with E-state index in [1.807, 2.05) is 101 Å². The van der Waals surface area contributed by atoms with E-state index in [0.717, 1.165) is 16.1 Å². The number of carbonyl (C=O) groups excluding carboxylic acids is 3. The van der Waals surface area contributed by atoms with Crippen LogP contribution in [0.15, 0.2) is 127 Å². The molecule has 1 aromatic heterocycles. The molecular formula is C38H36N2O5S. The van der Waals surface area contributed by atoms with Gasteiger partial charge in [-0.15, -0.1) is 11.3 Å². The Hall–Kier alpha value is -5.21. The van der Waals surface area contributed by atoms with Gasteiger partial charge in [0, 0.05) is 40.3 Å². The fourth-order valence-corrected chi connectivity index (χ4v) is 5.80. The zero-order valence-electron chi connectivity index (χ0n) is 25.6. The molecule has 1 atom stereocenters. The number of carbonyl (C=O) groups is 3. The van der Waals surface area contributed by atoms with E-state index in [-0.39, 0.29) is 11.7 Å². The maximum Gasteiger partial charge on any atom is 0.328 e. The van der Waals surface area contributed by atoms with Gasteiger partial charge < -0.3 is 19.7 Å². The van der Waals surface area contributed by atoms with Crippen molar-refractivity contribution < 1.29 is 23.9 Å². The first-order valence-corrected chi connectivity index (χ1v) is 16.0. The predicted octanol–water partition coefficient (Wildman–Crippen LogP) is 7.22. The number of anilines is 2. The molecule has 0 spiro atoms. The molecule has 4 aromatic carbocycles. The molecule has 0 saturated carbocycles. The van der Waals surface area contributed by atoms with Crippen molar-refractivity contribution in [3.05, 3.63) is 148 Å². The Labute approximate surface area is 273 Å². The second-order valence-corrected chi connectivity index (χ2v) is 11.7. The standard InChI is InChI=1S/C38H36N2O5S/c1-44-38(43)35(39-34-18-9-8-17-33(34)37(42)29-12-4-2-5-13-29)26-28-19-21-31(22-20-28)45-24-11-23-40(30-14-6-3-7-15-30)36(41)27-32-16-10-25-46-32/h2-10,12-22,25,35,39H,11,23-24,26-27H2,1H3. The Balaban J connectivity index is 1.18. The number of rotatable bonds is 15. The molecule has 5 aromatic rings. The number of hydrogen-bond acceptors (Lipinski definition) is 7. The third-order valence-electron chi connectivity index (χ3n) is 7.46. The number of ether oxygens (including phenoxy) is 2. The molecule has 0 saturated heterocycles. The average Bonchev–Trinajstić information content (AvgIpc) is 3.62. The Morgan fingerprint density at radius 2 is 1.50 bits per heavy atom. The quantitative estimate of drug-likeness (QED) is 0.0746. The molecule has 7 nitrogen and oxygen atoms in total. The van der Waals surface area contributed by atoms with E-state index in [9.17, 15) is 14.4 Å². The Morgan fingerprint density at radius 3 is 2.20 bits per heavy atom. The number of nitrogens with one attached hydrogen (secondary N) is 1. The highest BCUT2D eigenvalue weighted by Crippen LogP contribution is 2.23. The van der Waals surface area contributed by atoms with Gasteiger partial charge in [0.2, 0.25) is 5.91 Å². The molecule has 46 heavy (non-hydrogen) atoms. The number of para-hydroxylation sites is 2. The molecule has 5 rings (SSSR count). The first-order valence-electron chi connectivity index (χ1n) is 15.1. The lowest BCUT2D eigenvalue weighted by Gasteiger charge is -2.23. The minimum absolute atomic E-state index is 0.0545. The second-order valence-electron chi connectivity index (χ2n) is 10.6. The van der Waals surface area contributed by atoms with E-state index in [0.29, 0.717) is 55.0 Å². The lowest BCUT2D eigenvalue weighted by atomic mass is 10.00. The van der Waals surface area contributed by atoms with E-state index in [4.69, 9.17) is 9.47 Å². The van der Waals surface area contributed by atoms with Gasteiger partial charge in [0.25, 0.3) is 0 Å². The Bertz CT molecular complexity index is 1710. The number of benzene rings is 4. The van der Waals surface area contributed by atoms with Gasteiger partial charge in [-0.2, -0.15) is 0 Å². The summed E-state index contributed by atoms with van der Waals surface area (Å²) in [5, 5.41) is 5.22. The summed E-state index contributed by atoms with van der Waals surface area (Å²) >= 11 is 1.58. The van der Waals surface area contributed by atoms with Crippen LogP contribution in [-0.4, -0.2) is 44.0 Å². The van der Waals surface area contributed by atoms with Crippen molar-refractivity contribution in [3.8, 4) is 5.75 Å². The summed E-state index contributed by atoms with van der Waals surface area (Å²) in [6.07, 6.45) is 1.37. The van der Waals surface area contributed by atoms with Crippen molar-refractivity contribution in [1.82, 2.24) is 0 Å². The van der Waals surface area contributed by atoms with E-state index >= 15 is 0 Å². The van der Waals surface area contributed by atoms with Crippen molar-refractivity contribution in [2.24, 2.45) is 0 Å². The van der Waals surface area contributed by atoms with Crippen molar-refractivity contribution in [1.29, 1.82) is 0 Å². The fourth-order valence-electron chi connectivity index (χ4n) is 5.11. The number of nitrogens with zero attached hydrogens (tertiary/aromatic N) is 1. The summed E-state index contributed by atoms with van der Waals surface area (Å²) in [4.78, 5) is 42.0. The molecule has 0 aliphatic rings. The molecule has 8 heteroatoms. The van der Waals surface area contributed by atoms with Crippen LogP contribution < -0.4 is 15.0 Å². The minimum Gasteiger partial charge on any atom is -0.494 e. The number of thiophene rings is 1. The molecule has 0 bridgehead atoms. The highest BCUT2D eigenvalue weighted by Gasteiger charge is 2.23. The summed E-state index contributed by atoms with van der Waals surface area (Å²) in [6, 6.07) is 36.7. The zero-order valence-corrected chi connectivity index (χ0v) is 26.5. The van der Waals surface area contributed by atoms with Crippen LogP contribution in [0.4, 0.5) is 11.4 Å². The zero-order chi connectivity index (χ0) is 32.1. The fraction of sp³-hybridized carbons (Fsp3) is 0.184. The number of amides is 1. The van der Waals surface area contributed by atoms with E-state index in [1.165, 1.54) is 7.11 Å². The predicted molar refractivity (Wildman–Crippen MR) is 183 cm³/mol. The topological polar surface area (TPSA) is 84.9 Å². The number of esters is 1. The first-order chi connectivity index (χ1) is 22.5. The highest BCUT2D eigenvalue weighted by atomic mass is 32.1. The van der Waals surface area contributed by atoms with E-state index in [2.05, 4.69) is 5.32 Å². The van der Waals surface area contributed by atoms with Crippen LogP contribution in [0.5, 0.6) is 5.75 Å². The summed E-state index contributed by atoms with van der Waals surface area (Å²) in [5.74, 6) is 0.187. The molecule has 1 heterocycles. The van der Waals surface area contributed by atoms with Gasteiger partial charge in [-0.3, -0.25) is 9.59 Å². The van der Waals surface area contributed by atoms with Crippen LogP contribution in [0.1, 0.15) is 32.8 Å². The largest absolute Gasteiger partial charge is 0.494 e. The molecule has 234 valence electrons. The van der Waals surface area contributed by atoms with Crippen LogP contribution >= 0.6 is 11.3 Å². The molecule has 0 aliphatic heterocycles. The van der Waals surface area contributed by atoms with Crippen LogP contribution in [0.2, 0.25) is 0 Å². The summed E-state index contributed by atoms with van der Waals surface area (Å²) < 4.78 is 11.1. The van der Waals surface area contributed by atoms with Crippen LogP contribution in [0.3, 0.4) is 0 Å². The van der Waals surface area contributed by atoms with Gasteiger partial charge in [0.05, 0.1) is 20.1 Å². The van der Waals surface area contributed by atoms with Crippen LogP contribution in [0.25, 0.3) is 0 Å². The lowest BCUT2D eigenvalue weighted by molar-refractivity contribution is -0.141. The van der Waals surface area contributed by atoms with E-state index < -0.39 is 12.0 Å². The molecule has 0 aliphatic carbocycles.